The van der Waals surface area contributed by atoms with Crippen LogP contribution in [0.3, 0.4) is 0 Å². The topological polar surface area (TPSA) is 192 Å². The molecule has 6 rings (SSSR count). The molecule has 3 aromatic carbocycles. The summed E-state index contributed by atoms with van der Waals surface area (Å²) in [6.07, 6.45) is 3.35. The molecule has 0 radical (unpaired) electrons. The Morgan fingerprint density at radius 1 is 0.770 bits per heavy atom. The van der Waals surface area contributed by atoms with Crippen LogP contribution in [0.2, 0.25) is 0 Å². The quantitative estimate of drug-likeness (QED) is 0.0764. The number of fused-ring (bicyclic) bond motifs is 4. The van der Waals surface area contributed by atoms with E-state index in [2.05, 4.69) is 33.4 Å². The van der Waals surface area contributed by atoms with Gasteiger partial charge in [0, 0.05) is 24.9 Å². The minimum Gasteiger partial charge on any atom is -0.467 e. The highest BCUT2D eigenvalue weighted by molar-refractivity contribution is 5.95. The zero-order chi connectivity index (χ0) is 43.5. The van der Waals surface area contributed by atoms with Crippen LogP contribution >= 0.6 is 0 Å². The summed E-state index contributed by atoms with van der Waals surface area (Å²) in [4.78, 5) is 81.4. The molecular weight excluding hydrogens is 779 g/mol. The van der Waals surface area contributed by atoms with E-state index in [9.17, 15) is 33.9 Å². The third kappa shape index (κ3) is 11.3. The Morgan fingerprint density at radius 3 is 2.05 bits per heavy atom. The van der Waals surface area contributed by atoms with E-state index in [1.807, 2.05) is 80.6 Å². The molecule has 6 atom stereocenters. The molecule has 0 aromatic heterocycles. The van der Waals surface area contributed by atoms with Crippen LogP contribution in [0.25, 0.3) is 11.1 Å². The predicted molar refractivity (Wildman–Crippen MR) is 228 cm³/mol. The first-order chi connectivity index (χ1) is 29.4. The average molecular weight is 838 g/mol. The molecular formula is C47H59N5O9. The summed E-state index contributed by atoms with van der Waals surface area (Å²) >= 11 is 0. The third-order valence-electron chi connectivity index (χ3n) is 12.2. The molecule has 1 saturated carbocycles. The van der Waals surface area contributed by atoms with Gasteiger partial charge in [0.1, 0.15) is 30.8 Å². The molecule has 0 bridgehead atoms. The molecule has 0 spiro atoms. The molecule has 61 heavy (non-hydrogen) atoms. The van der Waals surface area contributed by atoms with Crippen molar-refractivity contribution in [3.63, 3.8) is 0 Å². The Kier molecular flexibility index (Phi) is 15.4. The minimum atomic E-state index is -1.17. The lowest BCUT2D eigenvalue weighted by Gasteiger charge is -2.32. The first-order valence-electron chi connectivity index (χ1n) is 21.6. The van der Waals surface area contributed by atoms with Crippen molar-refractivity contribution in [1.82, 2.24) is 26.2 Å². The number of hydrogen-bond donors (Lipinski definition) is 5. The maximum atomic E-state index is 14.3. The monoisotopic (exact) mass is 837 g/mol. The van der Waals surface area contributed by atoms with Gasteiger partial charge in [-0.3, -0.25) is 19.3 Å². The lowest BCUT2D eigenvalue weighted by Crippen LogP contribution is -2.58. The summed E-state index contributed by atoms with van der Waals surface area (Å²) in [6.45, 7) is 4.23. The summed E-state index contributed by atoms with van der Waals surface area (Å²) < 4.78 is 10.6. The van der Waals surface area contributed by atoms with Gasteiger partial charge in [0.2, 0.25) is 17.7 Å². The summed E-state index contributed by atoms with van der Waals surface area (Å²) in [5.41, 5.74) is 5.22. The maximum Gasteiger partial charge on any atom is 0.408 e. The molecule has 5 amide bonds. The molecule has 3 aliphatic rings. The van der Waals surface area contributed by atoms with E-state index in [-0.39, 0.29) is 49.8 Å². The number of carbonyl (C=O) groups excluding carboxylic acids is 5. The van der Waals surface area contributed by atoms with E-state index >= 15 is 0 Å². The van der Waals surface area contributed by atoms with Crippen molar-refractivity contribution in [2.75, 3.05) is 20.3 Å². The molecule has 14 nitrogen and oxygen atoms in total. The Hall–Kier alpha value is -5.92. The van der Waals surface area contributed by atoms with Crippen molar-refractivity contribution >= 4 is 35.9 Å². The van der Waals surface area contributed by atoms with E-state index in [0.29, 0.717) is 32.1 Å². The highest BCUT2D eigenvalue weighted by Gasteiger charge is 2.48. The number of methoxy groups -OCH3 is 1. The number of ether oxygens (including phenoxy) is 2. The fraction of sp³-hybridized carbons (Fsp3) is 0.489. The number of carboxylic acid groups (broad SMARTS) is 1. The molecule has 2 fully saturated rings. The predicted octanol–water partition coefficient (Wildman–Crippen LogP) is 5.92. The van der Waals surface area contributed by atoms with Crippen LogP contribution in [0.5, 0.6) is 0 Å². The average Bonchev–Trinajstić information content (AvgIpc) is 3.81. The van der Waals surface area contributed by atoms with Gasteiger partial charge in [-0.1, -0.05) is 106 Å². The SMILES string of the molecule is COC(=O)C(CC(C)C)NC(=O)C(Cc1ccccc1)NC(=O)C(CCCCNC(=O)OCC1c2ccccc2-c2ccccc21)NC(=O)[C@@H]1C[C@@H]2CCCC[C@@H]2N1C(=O)O. The molecule has 3 aromatic rings. The van der Waals surface area contributed by atoms with Crippen LogP contribution in [0, 0.1) is 11.8 Å². The number of amides is 5. The highest BCUT2D eigenvalue weighted by atomic mass is 16.5. The zero-order valence-corrected chi connectivity index (χ0v) is 35.3. The Labute approximate surface area is 357 Å². The van der Waals surface area contributed by atoms with Crippen LogP contribution in [0.1, 0.15) is 94.2 Å². The highest BCUT2D eigenvalue weighted by Crippen LogP contribution is 2.44. The van der Waals surface area contributed by atoms with E-state index < -0.39 is 60.0 Å². The molecule has 1 aliphatic heterocycles. The number of nitrogens with one attached hydrogen (secondary N) is 4. The number of nitrogens with zero attached hydrogens (tertiary/aromatic N) is 1. The summed E-state index contributed by atoms with van der Waals surface area (Å²) in [6, 6.07) is 20.8. The number of carbonyl (C=O) groups is 6. The van der Waals surface area contributed by atoms with Crippen molar-refractivity contribution in [3.05, 3.63) is 95.6 Å². The van der Waals surface area contributed by atoms with Gasteiger partial charge in [-0.2, -0.15) is 0 Å². The van der Waals surface area contributed by atoms with E-state index in [1.54, 1.807) is 0 Å². The van der Waals surface area contributed by atoms with Gasteiger partial charge < -0.3 is 35.8 Å². The number of alkyl carbamates (subject to hydrolysis) is 1. The van der Waals surface area contributed by atoms with Crippen molar-refractivity contribution in [2.24, 2.45) is 11.8 Å². The first kappa shape index (κ1) is 44.6. The summed E-state index contributed by atoms with van der Waals surface area (Å²) in [7, 11) is 1.25. The van der Waals surface area contributed by atoms with Gasteiger partial charge in [0.25, 0.3) is 0 Å². The standard InChI is InChI=1S/C47H59N5O9/c1-29(2)25-39(45(56)60-3)51-43(54)38(26-30-15-5-4-6-16-30)50-42(53)37(49-44(55)41-27-31-17-7-12-23-40(31)52(41)47(58)59)22-13-14-24-48-46(57)61-28-36-34-20-10-8-18-32(34)33-19-9-11-21-35(33)36/h4-6,8-11,15-16,18-21,29,31,36-41H,7,12-14,17,22-28H2,1-3H3,(H,48,57)(H,49,55)(H,50,53)(H,51,54)(H,58,59)/t31-,37?,38?,39?,40-,41-/m0/s1. The molecule has 1 saturated heterocycles. The molecule has 3 unspecified atom stereocenters. The largest absolute Gasteiger partial charge is 0.467 e. The lowest BCUT2D eigenvalue weighted by atomic mass is 9.85. The van der Waals surface area contributed by atoms with Crippen molar-refractivity contribution in [3.8, 4) is 11.1 Å². The van der Waals surface area contributed by atoms with Gasteiger partial charge in [0.15, 0.2) is 0 Å². The van der Waals surface area contributed by atoms with Gasteiger partial charge >= 0.3 is 18.2 Å². The van der Waals surface area contributed by atoms with Gasteiger partial charge in [-0.05, 0) is 84.6 Å². The molecule has 326 valence electrons. The zero-order valence-electron chi connectivity index (χ0n) is 35.3. The normalized spacial score (nSPS) is 19.3. The third-order valence-corrected chi connectivity index (χ3v) is 12.2. The van der Waals surface area contributed by atoms with E-state index in [0.717, 1.165) is 47.1 Å². The van der Waals surface area contributed by atoms with Crippen LogP contribution in [-0.2, 0) is 35.1 Å². The fourth-order valence-electron chi connectivity index (χ4n) is 9.25. The second-order valence-electron chi connectivity index (χ2n) is 16.8. The molecule has 1 heterocycles. The van der Waals surface area contributed by atoms with Crippen molar-refractivity contribution in [1.29, 1.82) is 0 Å². The van der Waals surface area contributed by atoms with Crippen molar-refractivity contribution in [2.45, 2.75) is 114 Å². The Balaban J connectivity index is 1.11. The molecule has 2 aliphatic carbocycles. The van der Waals surface area contributed by atoms with Crippen LogP contribution in [0.4, 0.5) is 9.59 Å². The second-order valence-corrected chi connectivity index (χ2v) is 16.8. The number of rotatable bonds is 18. The second kappa shape index (κ2) is 21.0. The number of hydrogen-bond acceptors (Lipinski definition) is 8. The van der Waals surface area contributed by atoms with E-state index in [1.165, 1.54) is 12.0 Å². The Morgan fingerprint density at radius 2 is 1.39 bits per heavy atom. The van der Waals surface area contributed by atoms with E-state index in [4.69, 9.17) is 9.47 Å². The number of unbranched alkanes of at least 4 members (excludes halogenated alkanes) is 1. The summed E-state index contributed by atoms with van der Waals surface area (Å²) in [5.74, 6) is -2.38. The number of likely N-dealkylation sites (tertiary alicyclic amines) is 1. The van der Waals surface area contributed by atoms with Gasteiger partial charge in [-0.25, -0.2) is 14.4 Å². The van der Waals surface area contributed by atoms with Gasteiger partial charge in [-0.15, -0.1) is 0 Å². The maximum absolute atomic E-state index is 14.3. The lowest BCUT2D eigenvalue weighted by molar-refractivity contribution is -0.146. The number of esters is 1. The van der Waals surface area contributed by atoms with Crippen LogP contribution in [-0.4, -0.2) is 96.4 Å². The van der Waals surface area contributed by atoms with Gasteiger partial charge in [0.05, 0.1) is 7.11 Å². The fourth-order valence-corrected chi connectivity index (χ4v) is 9.25. The smallest absolute Gasteiger partial charge is 0.408 e. The number of benzene rings is 3. The summed E-state index contributed by atoms with van der Waals surface area (Å²) in [5, 5.41) is 21.4. The van der Waals surface area contributed by atoms with Crippen LogP contribution in [0.15, 0.2) is 78.9 Å². The van der Waals surface area contributed by atoms with Crippen molar-refractivity contribution < 1.29 is 43.3 Å². The molecule has 14 heteroatoms. The first-order valence-corrected chi connectivity index (χ1v) is 21.6. The van der Waals surface area contributed by atoms with Crippen LogP contribution < -0.4 is 21.3 Å². The minimum absolute atomic E-state index is 0.0505. The molecule has 5 N–H and O–H groups in total. The Bertz CT molecular complexity index is 1980.